The van der Waals surface area contributed by atoms with E-state index in [1.54, 1.807) is 4.90 Å². The van der Waals surface area contributed by atoms with Crippen LogP contribution in [0.2, 0.25) is 0 Å². The molecule has 2 atom stereocenters. The van der Waals surface area contributed by atoms with Gasteiger partial charge in [0.15, 0.2) is 0 Å². The first-order chi connectivity index (χ1) is 10.9. The number of halogens is 3. The van der Waals surface area contributed by atoms with Crippen molar-refractivity contribution in [2.45, 2.75) is 25.1 Å². The minimum absolute atomic E-state index is 0.0896. The number of carbonyl (C=O) groups is 1. The average molecular weight is 327 g/mol. The molecule has 2 aliphatic heterocycles. The van der Waals surface area contributed by atoms with Gasteiger partial charge in [-0.15, -0.1) is 0 Å². The molecule has 0 aliphatic carbocycles. The van der Waals surface area contributed by atoms with Crippen molar-refractivity contribution in [1.82, 2.24) is 9.80 Å². The first-order valence-electron chi connectivity index (χ1n) is 7.78. The number of amides is 2. The summed E-state index contributed by atoms with van der Waals surface area (Å²) in [5.74, 6) is 0.454. The molecule has 2 saturated heterocycles. The summed E-state index contributed by atoms with van der Waals surface area (Å²) in [6, 6.07) is 4.74. The number of hydrogen-bond acceptors (Lipinski definition) is 2. The number of likely N-dealkylation sites (N-methyl/N-ethyl adjacent to an activating group) is 1. The van der Waals surface area contributed by atoms with Gasteiger partial charge in [-0.05, 0) is 44.5 Å². The summed E-state index contributed by atoms with van der Waals surface area (Å²) in [7, 11) is 2.00. The summed E-state index contributed by atoms with van der Waals surface area (Å²) in [6.45, 7) is 2.38. The van der Waals surface area contributed by atoms with Gasteiger partial charge in [0.05, 0.1) is 11.3 Å². The standard InChI is InChI=1S/C16H20F3N3O/c1-21-8-6-11-7-9-22(14(11)10-21)15(23)20-13-5-3-2-4-12(13)16(17,18)19/h2-5,11,14H,6-10H2,1H3,(H,20,23). The van der Waals surface area contributed by atoms with Gasteiger partial charge >= 0.3 is 12.2 Å². The quantitative estimate of drug-likeness (QED) is 0.859. The summed E-state index contributed by atoms with van der Waals surface area (Å²) in [4.78, 5) is 16.3. The maximum atomic E-state index is 13.0. The van der Waals surface area contributed by atoms with Crippen LogP contribution in [0.25, 0.3) is 0 Å². The van der Waals surface area contributed by atoms with Crippen LogP contribution in [0.15, 0.2) is 24.3 Å². The number of urea groups is 1. The molecule has 3 rings (SSSR count). The zero-order valence-corrected chi connectivity index (χ0v) is 12.9. The van der Waals surface area contributed by atoms with Crippen LogP contribution in [-0.2, 0) is 6.18 Å². The Morgan fingerprint density at radius 3 is 2.65 bits per heavy atom. The lowest BCUT2D eigenvalue weighted by Gasteiger charge is -2.36. The summed E-state index contributed by atoms with van der Waals surface area (Å²) in [5, 5.41) is 2.46. The van der Waals surface area contributed by atoms with Crippen molar-refractivity contribution in [3.63, 3.8) is 0 Å². The number of alkyl halides is 3. The van der Waals surface area contributed by atoms with Crippen LogP contribution in [0.1, 0.15) is 18.4 Å². The van der Waals surface area contributed by atoms with Gasteiger partial charge in [0, 0.05) is 19.1 Å². The Kier molecular flexibility index (Phi) is 4.23. The number of likely N-dealkylation sites (tertiary alicyclic amines) is 2. The predicted molar refractivity (Wildman–Crippen MR) is 81.2 cm³/mol. The molecule has 23 heavy (non-hydrogen) atoms. The molecule has 1 aromatic rings. The lowest BCUT2D eigenvalue weighted by molar-refractivity contribution is -0.136. The SMILES string of the molecule is CN1CCC2CCN(C(=O)Nc3ccccc3C(F)(F)F)C2C1. The number of nitrogens with zero attached hydrogens (tertiary/aromatic N) is 2. The molecule has 1 aromatic carbocycles. The highest BCUT2D eigenvalue weighted by Crippen LogP contribution is 2.36. The first kappa shape index (κ1) is 16.1. The van der Waals surface area contributed by atoms with Crippen molar-refractivity contribution in [3.05, 3.63) is 29.8 Å². The van der Waals surface area contributed by atoms with E-state index >= 15 is 0 Å². The summed E-state index contributed by atoms with van der Waals surface area (Å²) < 4.78 is 39.1. The minimum atomic E-state index is -4.48. The van der Waals surface area contributed by atoms with Gasteiger partial charge in [-0.3, -0.25) is 0 Å². The lowest BCUT2D eigenvalue weighted by atomic mass is 9.92. The van der Waals surface area contributed by atoms with E-state index in [0.717, 1.165) is 32.0 Å². The normalized spacial score (nSPS) is 25.3. The number of para-hydroxylation sites is 1. The Balaban J connectivity index is 1.75. The highest BCUT2D eigenvalue weighted by Gasteiger charge is 2.40. The van der Waals surface area contributed by atoms with Crippen molar-refractivity contribution in [3.8, 4) is 0 Å². The van der Waals surface area contributed by atoms with Gasteiger partial charge in [-0.25, -0.2) is 4.79 Å². The van der Waals surface area contributed by atoms with E-state index in [4.69, 9.17) is 0 Å². The van der Waals surface area contributed by atoms with Gasteiger partial charge in [-0.1, -0.05) is 12.1 Å². The molecule has 0 spiro atoms. The fourth-order valence-electron chi connectivity index (χ4n) is 3.58. The number of benzene rings is 1. The Bertz CT molecular complexity index is 590. The van der Waals surface area contributed by atoms with Crippen molar-refractivity contribution < 1.29 is 18.0 Å². The van der Waals surface area contributed by atoms with Gasteiger partial charge < -0.3 is 15.1 Å². The second kappa shape index (κ2) is 6.03. The Morgan fingerprint density at radius 2 is 1.91 bits per heavy atom. The summed E-state index contributed by atoms with van der Waals surface area (Å²) >= 11 is 0. The molecule has 2 unspecified atom stereocenters. The van der Waals surface area contributed by atoms with Crippen LogP contribution < -0.4 is 5.32 Å². The lowest BCUT2D eigenvalue weighted by Crippen LogP contribution is -2.49. The summed E-state index contributed by atoms with van der Waals surface area (Å²) in [5.41, 5.74) is -0.998. The Hall–Kier alpha value is -1.76. The fraction of sp³-hybridized carbons (Fsp3) is 0.562. The monoisotopic (exact) mass is 327 g/mol. The molecule has 126 valence electrons. The molecule has 0 radical (unpaired) electrons. The zero-order chi connectivity index (χ0) is 16.6. The molecular formula is C16H20F3N3O. The molecule has 0 aromatic heterocycles. The number of carbonyl (C=O) groups excluding carboxylic acids is 1. The molecule has 7 heteroatoms. The molecule has 2 amide bonds. The maximum Gasteiger partial charge on any atom is 0.418 e. The van der Waals surface area contributed by atoms with Crippen molar-refractivity contribution in [2.75, 3.05) is 32.0 Å². The van der Waals surface area contributed by atoms with Gasteiger partial charge in [-0.2, -0.15) is 13.2 Å². The molecule has 2 aliphatic rings. The number of anilines is 1. The first-order valence-corrected chi connectivity index (χ1v) is 7.78. The van der Waals surface area contributed by atoms with Gasteiger partial charge in [0.2, 0.25) is 0 Å². The Labute approximate surface area is 133 Å². The van der Waals surface area contributed by atoms with E-state index in [1.165, 1.54) is 18.2 Å². The molecule has 1 N–H and O–H groups in total. The number of hydrogen-bond donors (Lipinski definition) is 1. The topological polar surface area (TPSA) is 35.6 Å². The maximum absolute atomic E-state index is 13.0. The highest BCUT2D eigenvalue weighted by atomic mass is 19.4. The fourth-order valence-corrected chi connectivity index (χ4v) is 3.58. The molecule has 0 bridgehead atoms. The van der Waals surface area contributed by atoms with E-state index < -0.39 is 17.8 Å². The molecular weight excluding hydrogens is 307 g/mol. The Morgan fingerprint density at radius 1 is 1.22 bits per heavy atom. The number of fused-ring (bicyclic) bond motifs is 1. The predicted octanol–water partition coefficient (Wildman–Crippen LogP) is 3.26. The highest BCUT2D eigenvalue weighted by molar-refractivity contribution is 5.90. The van der Waals surface area contributed by atoms with E-state index in [1.807, 2.05) is 7.05 Å². The molecule has 0 saturated carbocycles. The molecule has 4 nitrogen and oxygen atoms in total. The minimum Gasteiger partial charge on any atom is -0.320 e. The number of piperidine rings is 1. The van der Waals surface area contributed by atoms with E-state index in [9.17, 15) is 18.0 Å². The third kappa shape index (κ3) is 3.29. The second-order valence-electron chi connectivity index (χ2n) is 6.33. The summed E-state index contributed by atoms with van der Waals surface area (Å²) in [6.07, 6.45) is -2.53. The largest absolute Gasteiger partial charge is 0.418 e. The number of rotatable bonds is 1. The van der Waals surface area contributed by atoms with Gasteiger partial charge in [0.25, 0.3) is 0 Å². The van der Waals surface area contributed by atoms with Crippen LogP contribution in [0.4, 0.5) is 23.7 Å². The van der Waals surface area contributed by atoms with Gasteiger partial charge in [0.1, 0.15) is 0 Å². The van der Waals surface area contributed by atoms with E-state index in [2.05, 4.69) is 10.2 Å². The van der Waals surface area contributed by atoms with Crippen LogP contribution in [0.5, 0.6) is 0 Å². The zero-order valence-electron chi connectivity index (χ0n) is 12.9. The van der Waals surface area contributed by atoms with Crippen molar-refractivity contribution >= 4 is 11.7 Å². The van der Waals surface area contributed by atoms with Crippen LogP contribution in [-0.4, -0.2) is 48.6 Å². The smallest absolute Gasteiger partial charge is 0.320 e. The van der Waals surface area contributed by atoms with E-state index in [0.29, 0.717) is 12.5 Å². The molecule has 2 heterocycles. The van der Waals surface area contributed by atoms with Crippen LogP contribution in [0, 0.1) is 5.92 Å². The molecule has 2 fully saturated rings. The third-order valence-corrected chi connectivity index (χ3v) is 4.80. The van der Waals surface area contributed by atoms with Crippen molar-refractivity contribution in [2.24, 2.45) is 5.92 Å². The second-order valence-corrected chi connectivity index (χ2v) is 6.33. The van der Waals surface area contributed by atoms with E-state index in [-0.39, 0.29) is 11.7 Å². The van der Waals surface area contributed by atoms with Crippen LogP contribution >= 0.6 is 0 Å². The van der Waals surface area contributed by atoms with Crippen molar-refractivity contribution in [1.29, 1.82) is 0 Å². The van der Waals surface area contributed by atoms with Crippen LogP contribution in [0.3, 0.4) is 0 Å². The third-order valence-electron chi connectivity index (χ3n) is 4.80. The number of nitrogens with one attached hydrogen (secondary N) is 1. The average Bonchev–Trinajstić information content (AvgIpc) is 2.89.